The molecule has 1 aromatic carbocycles. The summed E-state index contributed by atoms with van der Waals surface area (Å²) in [7, 11) is 0. The van der Waals surface area contributed by atoms with Crippen LogP contribution >= 0.6 is 11.6 Å². The average Bonchev–Trinajstić information content (AvgIpc) is 2.28. The van der Waals surface area contributed by atoms with E-state index >= 15 is 0 Å². The third-order valence-corrected chi connectivity index (χ3v) is 2.77. The number of halogens is 1. The quantitative estimate of drug-likeness (QED) is 0.509. The van der Waals surface area contributed by atoms with Crippen molar-refractivity contribution in [1.29, 1.82) is 0 Å². The van der Waals surface area contributed by atoms with E-state index < -0.39 is 11.3 Å². The third kappa shape index (κ3) is 3.20. The molecule has 5 heteroatoms. The molecule has 1 atom stereocenters. The Balaban J connectivity index is 3.01. The maximum atomic E-state index is 11.4. The molecule has 0 heterocycles. The minimum atomic E-state index is -0.786. The highest BCUT2D eigenvalue weighted by Gasteiger charge is 2.17. The molecule has 0 fully saturated rings. The van der Waals surface area contributed by atoms with Crippen LogP contribution in [0.15, 0.2) is 18.2 Å². The molecule has 0 bridgehead atoms. The number of anilines is 1. The van der Waals surface area contributed by atoms with Crippen molar-refractivity contribution < 1.29 is 14.3 Å². The molecule has 0 spiro atoms. The maximum Gasteiger partial charge on any atom is 0.338 e. The predicted octanol–water partition coefficient (Wildman–Crippen LogP) is 2.31. The van der Waals surface area contributed by atoms with Gasteiger partial charge in [0, 0.05) is 11.3 Å². The van der Waals surface area contributed by atoms with Crippen molar-refractivity contribution in [3.63, 3.8) is 0 Å². The number of Topliss-reactive ketones (excluding diaryl/α,β-unsaturated/α-hetero) is 1. The van der Waals surface area contributed by atoms with Gasteiger partial charge in [-0.3, -0.25) is 4.79 Å². The maximum absolute atomic E-state index is 11.4. The molecule has 17 heavy (non-hydrogen) atoms. The molecular formula is C12H14ClNO3. The van der Waals surface area contributed by atoms with Crippen molar-refractivity contribution in [1.82, 2.24) is 0 Å². The zero-order valence-electron chi connectivity index (χ0n) is 9.70. The van der Waals surface area contributed by atoms with Gasteiger partial charge < -0.3 is 10.5 Å². The zero-order chi connectivity index (χ0) is 13.0. The lowest BCUT2D eigenvalue weighted by molar-refractivity contribution is -0.116. The second-order valence-electron chi connectivity index (χ2n) is 3.54. The van der Waals surface area contributed by atoms with Gasteiger partial charge in [0.15, 0.2) is 5.78 Å². The van der Waals surface area contributed by atoms with E-state index in [0.717, 1.165) is 0 Å². The van der Waals surface area contributed by atoms with E-state index in [1.807, 2.05) is 0 Å². The minimum Gasteiger partial charge on any atom is -0.462 e. The number of alkyl halides is 1. The first-order valence-corrected chi connectivity index (χ1v) is 5.62. The molecule has 0 amide bonds. The molecule has 1 aromatic rings. The summed E-state index contributed by atoms with van der Waals surface area (Å²) in [4.78, 5) is 22.6. The first-order chi connectivity index (χ1) is 7.97. The monoisotopic (exact) mass is 255 g/mol. The van der Waals surface area contributed by atoms with Crippen molar-refractivity contribution in [3.05, 3.63) is 29.3 Å². The van der Waals surface area contributed by atoms with Crippen molar-refractivity contribution in [3.8, 4) is 0 Å². The van der Waals surface area contributed by atoms with Crippen LogP contribution in [0, 0.1) is 0 Å². The van der Waals surface area contributed by atoms with E-state index in [1.165, 1.54) is 13.0 Å². The van der Waals surface area contributed by atoms with Gasteiger partial charge in [-0.25, -0.2) is 4.79 Å². The van der Waals surface area contributed by atoms with Crippen molar-refractivity contribution in [2.24, 2.45) is 0 Å². The van der Waals surface area contributed by atoms with Gasteiger partial charge in [-0.15, -0.1) is 11.6 Å². The van der Waals surface area contributed by atoms with Gasteiger partial charge in [-0.2, -0.15) is 0 Å². The number of esters is 1. The molecule has 0 aliphatic heterocycles. The molecule has 0 aliphatic carbocycles. The van der Waals surface area contributed by atoms with Gasteiger partial charge in [0.1, 0.15) is 5.38 Å². The summed E-state index contributed by atoms with van der Waals surface area (Å²) >= 11 is 5.89. The fourth-order valence-electron chi connectivity index (χ4n) is 1.37. The van der Waals surface area contributed by atoms with Gasteiger partial charge in [0.05, 0.1) is 12.2 Å². The van der Waals surface area contributed by atoms with E-state index in [9.17, 15) is 9.59 Å². The Bertz CT molecular complexity index is 445. The van der Waals surface area contributed by atoms with E-state index in [-0.39, 0.29) is 5.78 Å². The molecule has 0 aromatic heterocycles. The molecule has 0 saturated carbocycles. The lowest BCUT2D eigenvalue weighted by atomic mass is 10.0. The molecule has 0 saturated heterocycles. The SMILES string of the molecule is CCOC(=O)c1ccc(C(Cl)C(C)=O)c(N)c1. The Hall–Kier alpha value is -1.55. The number of carbonyl (C=O) groups excluding carboxylic acids is 2. The number of carbonyl (C=O) groups is 2. The standard InChI is InChI=1S/C12H14ClNO3/c1-3-17-12(16)8-4-5-9(10(14)6-8)11(13)7(2)15/h4-6,11H,3,14H2,1-2H3. The highest BCUT2D eigenvalue weighted by Crippen LogP contribution is 2.27. The zero-order valence-corrected chi connectivity index (χ0v) is 10.5. The highest BCUT2D eigenvalue weighted by atomic mass is 35.5. The van der Waals surface area contributed by atoms with Gasteiger partial charge in [0.2, 0.25) is 0 Å². The van der Waals surface area contributed by atoms with Crippen LogP contribution in [0.4, 0.5) is 5.69 Å². The largest absolute Gasteiger partial charge is 0.462 e. The molecule has 1 unspecified atom stereocenters. The number of nitrogen functional groups attached to an aromatic ring is 1. The van der Waals surface area contributed by atoms with E-state index in [4.69, 9.17) is 22.1 Å². The molecule has 0 aliphatic rings. The van der Waals surface area contributed by atoms with Crippen LogP contribution in [0.5, 0.6) is 0 Å². The normalized spacial score (nSPS) is 11.9. The van der Waals surface area contributed by atoms with Crippen LogP contribution in [0.3, 0.4) is 0 Å². The minimum absolute atomic E-state index is 0.192. The van der Waals surface area contributed by atoms with E-state index in [2.05, 4.69) is 0 Å². The van der Waals surface area contributed by atoms with Crippen molar-refractivity contribution in [2.75, 3.05) is 12.3 Å². The first-order valence-electron chi connectivity index (χ1n) is 5.18. The number of hydrogen-bond donors (Lipinski definition) is 1. The number of nitrogens with two attached hydrogens (primary N) is 1. The Kier molecular flexibility index (Phi) is 4.52. The fraction of sp³-hybridized carbons (Fsp3) is 0.333. The second kappa shape index (κ2) is 5.68. The topological polar surface area (TPSA) is 69.4 Å². The Morgan fingerprint density at radius 1 is 1.47 bits per heavy atom. The molecular weight excluding hydrogens is 242 g/mol. The summed E-state index contributed by atoms with van der Waals surface area (Å²) in [5, 5.41) is -0.786. The van der Waals surface area contributed by atoms with Crippen LogP contribution in [-0.2, 0) is 9.53 Å². The summed E-state index contributed by atoms with van der Waals surface area (Å²) in [6, 6.07) is 4.58. The van der Waals surface area contributed by atoms with Gasteiger partial charge in [-0.05, 0) is 26.0 Å². The number of rotatable bonds is 4. The van der Waals surface area contributed by atoms with Gasteiger partial charge >= 0.3 is 5.97 Å². The van der Waals surface area contributed by atoms with Crippen LogP contribution in [0.2, 0.25) is 0 Å². The van der Waals surface area contributed by atoms with Crippen molar-refractivity contribution >= 4 is 29.0 Å². The Morgan fingerprint density at radius 2 is 2.12 bits per heavy atom. The summed E-state index contributed by atoms with van der Waals surface area (Å²) in [5.41, 5.74) is 6.91. The van der Waals surface area contributed by atoms with Crippen LogP contribution < -0.4 is 5.73 Å². The van der Waals surface area contributed by atoms with Crippen LogP contribution in [-0.4, -0.2) is 18.4 Å². The molecule has 0 radical (unpaired) electrons. The average molecular weight is 256 g/mol. The number of benzene rings is 1. The predicted molar refractivity (Wildman–Crippen MR) is 66.1 cm³/mol. The number of ketones is 1. The summed E-state index contributed by atoms with van der Waals surface area (Å²) in [5.74, 6) is -0.637. The summed E-state index contributed by atoms with van der Waals surface area (Å²) in [6.45, 7) is 3.41. The lowest BCUT2D eigenvalue weighted by Crippen LogP contribution is -2.09. The highest BCUT2D eigenvalue weighted by molar-refractivity contribution is 6.31. The lowest BCUT2D eigenvalue weighted by Gasteiger charge is -2.10. The van der Waals surface area contributed by atoms with Crippen LogP contribution in [0.25, 0.3) is 0 Å². The third-order valence-electron chi connectivity index (χ3n) is 2.23. The molecule has 2 N–H and O–H groups in total. The first kappa shape index (κ1) is 13.5. The van der Waals surface area contributed by atoms with Crippen molar-refractivity contribution in [2.45, 2.75) is 19.2 Å². The second-order valence-corrected chi connectivity index (χ2v) is 3.97. The Labute approximate surface area is 105 Å². The van der Waals surface area contributed by atoms with Gasteiger partial charge in [0.25, 0.3) is 0 Å². The molecule has 4 nitrogen and oxygen atoms in total. The van der Waals surface area contributed by atoms with Gasteiger partial charge in [-0.1, -0.05) is 6.07 Å². The molecule has 92 valence electrons. The number of ether oxygens (including phenoxy) is 1. The molecule has 1 rings (SSSR count). The van der Waals surface area contributed by atoms with E-state index in [0.29, 0.717) is 23.4 Å². The summed E-state index contributed by atoms with van der Waals surface area (Å²) in [6.07, 6.45) is 0. The number of hydrogen-bond acceptors (Lipinski definition) is 4. The smallest absolute Gasteiger partial charge is 0.338 e. The summed E-state index contributed by atoms with van der Waals surface area (Å²) < 4.78 is 4.84. The fourth-order valence-corrected chi connectivity index (χ4v) is 1.56. The van der Waals surface area contributed by atoms with Crippen LogP contribution in [0.1, 0.15) is 35.1 Å². The van der Waals surface area contributed by atoms with E-state index in [1.54, 1.807) is 19.1 Å². The Morgan fingerprint density at radius 3 is 2.59 bits per heavy atom.